The first-order valence-electron chi connectivity index (χ1n) is 7.47. The average molecular weight is 359 g/mol. The monoisotopic (exact) mass is 359 g/mol. The lowest BCUT2D eigenvalue weighted by Crippen LogP contribution is -2.29. The van der Waals surface area contributed by atoms with E-state index in [1.54, 1.807) is 6.07 Å². The van der Waals surface area contributed by atoms with Gasteiger partial charge in [-0.05, 0) is 32.0 Å². The number of benzene rings is 1. The number of ketones is 1. The standard InChI is InChI=1S/C17H17N3O6/c1-7(13-15(23)14(8(2)21)17(25)26-16(13)24)19-11-4-10(18)5-12(6-11)20-9(3)22/h4-6,19,23H,18H2,1-3H3,(H,20,22)/b13-7-. The zero-order valence-corrected chi connectivity index (χ0v) is 14.3. The van der Waals surface area contributed by atoms with E-state index in [0.717, 1.165) is 6.92 Å². The number of nitrogens with two attached hydrogens (primary N) is 1. The van der Waals surface area contributed by atoms with Crippen LogP contribution in [0.15, 0.2) is 40.8 Å². The molecule has 0 bridgehead atoms. The minimum atomic E-state index is -1.20. The Bertz CT molecular complexity index is 898. The van der Waals surface area contributed by atoms with Gasteiger partial charge in [0.2, 0.25) is 5.91 Å². The Morgan fingerprint density at radius 2 is 1.58 bits per heavy atom. The molecule has 0 saturated heterocycles. The smallest absolute Gasteiger partial charge is 0.353 e. The number of nitrogen functional groups attached to an aromatic ring is 1. The van der Waals surface area contributed by atoms with E-state index in [1.165, 1.54) is 26.0 Å². The maximum atomic E-state index is 12.0. The van der Waals surface area contributed by atoms with Crippen LogP contribution >= 0.6 is 0 Å². The highest BCUT2D eigenvalue weighted by Crippen LogP contribution is 2.27. The number of anilines is 3. The van der Waals surface area contributed by atoms with E-state index in [1.807, 2.05) is 0 Å². The van der Waals surface area contributed by atoms with Gasteiger partial charge in [-0.1, -0.05) is 0 Å². The molecule has 1 aromatic rings. The van der Waals surface area contributed by atoms with Gasteiger partial charge in [-0.3, -0.25) is 9.59 Å². The van der Waals surface area contributed by atoms with Crippen molar-refractivity contribution in [2.45, 2.75) is 20.8 Å². The minimum Gasteiger partial charge on any atom is -0.506 e. The molecule has 26 heavy (non-hydrogen) atoms. The summed E-state index contributed by atoms with van der Waals surface area (Å²) in [4.78, 5) is 46.3. The van der Waals surface area contributed by atoms with Crippen LogP contribution in [0.2, 0.25) is 0 Å². The number of allylic oxidation sites excluding steroid dienone is 1. The molecule has 0 aromatic heterocycles. The highest BCUT2D eigenvalue weighted by molar-refractivity contribution is 6.23. The summed E-state index contributed by atoms with van der Waals surface area (Å²) >= 11 is 0. The Balaban J connectivity index is 2.47. The van der Waals surface area contributed by atoms with Crippen molar-refractivity contribution in [3.8, 4) is 0 Å². The van der Waals surface area contributed by atoms with Gasteiger partial charge in [0.05, 0.1) is 0 Å². The number of nitrogens with one attached hydrogen (secondary N) is 2. The molecule has 1 amide bonds. The van der Waals surface area contributed by atoms with Crippen LogP contribution < -0.4 is 16.4 Å². The van der Waals surface area contributed by atoms with Crippen LogP contribution in [-0.4, -0.2) is 28.7 Å². The lowest BCUT2D eigenvalue weighted by molar-refractivity contribution is -0.155. The molecule has 0 atom stereocenters. The highest BCUT2D eigenvalue weighted by atomic mass is 16.6. The number of ether oxygens (including phenoxy) is 1. The van der Waals surface area contributed by atoms with Crippen molar-refractivity contribution in [1.82, 2.24) is 0 Å². The first-order valence-corrected chi connectivity index (χ1v) is 7.47. The van der Waals surface area contributed by atoms with Gasteiger partial charge >= 0.3 is 11.9 Å². The number of esters is 2. The Labute approximate surface area is 148 Å². The maximum absolute atomic E-state index is 12.0. The molecule has 0 radical (unpaired) electrons. The topological polar surface area (TPSA) is 148 Å². The Morgan fingerprint density at radius 3 is 2.12 bits per heavy atom. The molecular weight excluding hydrogens is 342 g/mol. The molecule has 0 fully saturated rings. The molecule has 5 N–H and O–H groups in total. The van der Waals surface area contributed by atoms with Crippen LogP contribution in [0.3, 0.4) is 0 Å². The minimum absolute atomic E-state index is 0.123. The maximum Gasteiger partial charge on any atom is 0.353 e. The van der Waals surface area contributed by atoms with Gasteiger partial charge in [-0.15, -0.1) is 0 Å². The second kappa shape index (κ2) is 7.09. The third kappa shape index (κ3) is 3.89. The predicted octanol–water partition coefficient (Wildman–Crippen LogP) is 1.40. The van der Waals surface area contributed by atoms with E-state index in [-0.39, 0.29) is 17.2 Å². The normalized spacial score (nSPS) is 16.1. The van der Waals surface area contributed by atoms with E-state index in [0.29, 0.717) is 17.1 Å². The van der Waals surface area contributed by atoms with Crippen molar-refractivity contribution < 1.29 is 29.0 Å². The largest absolute Gasteiger partial charge is 0.506 e. The lowest BCUT2D eigenvalue weighted by Gasteiger charge is -2.19. The van der Waals surface area contributed by atoms with Crippen LogP contribution in [-0.2, 0) is 23.9 Å². The number of carbonyl (C=O) groups is 4. The first-order chi connectivity index (χ1) is 12.1. The van der Waals surface area contributed by atoms with Crippen LogP contribution in [0.25, 0.3) is 0 Å². The summed E-state index contributed by atoms with van der Waals surface area (Å²) in [6, 6.07) is 4.61. The third-order valence-electron chi connectivity index (χ3n) is 3.40. The molecule has 0 aliphatic carbocycles. The van der Waals surface area contributed by atoms with Gasteiger partial charge in [0.15, 0.2) is 5.78 Å². The summed E-state index contributed by atoms with van der Waals surface area (Å²) in [6.45, 7) is 3.85. The summed E-state index contributed by atoms with van der Waals surface area (Å²) in [5.74, 6) is -4.07. The van der Waals surface area contributed by atoms with E-state index < -0.39 is 29.1 Å². The molecule has 9 nitrogen and oxygen atoms in total. The fourth-order valence-corrected chi connectivity index (χ4v) is 2.42. The molecule has 2 rings (SSSR count). The molecule has 136 valence electrons. The molecule has 9 heteroatoms. The molecule has 0 spiro atoms. The zero-order chi connectivity index (χ0) is 19.6. The van der Waals surface area contributed by atoms with Gasteiger partial charge in [-0.25, -0.2) is 9.59 Å². The number of carbonyl (C=O) groups excluding carboxylic acids is 4. The number of cyclic esters (lactones) is 2. The Kier molecular flexibility index (Phi) is 5.11. The van der Waals surface area contributed by atoms with Crippen LogP contribution in [0.5, 0.6) is 0 Å². The number of aliphatic hydroxyl groups is 1. The highest BCUT2D eigenvalue weighted by Gasteiger charge is 2.36. The van der Waals surface area contributed by atoms with E-state index in [2.05, 4.69) is 15.4 Å². The SMILES string of the molecule is CC(=O)Nc1cc(N)cc(N/C(C)=C2\C(=O)OC(=O)C(C(C)=O)=C2O)c1. The second-order valence-corrected chi connectivity index (χ2v) is 5.61. The van der Waals surface area contributed by atoms with Crippen molar-refractivity contribution >= 4 is 40.7 Å². The van der Waals surface area contributed by atoms with Crippen LogP contribution in [0, 0.1) is 0 Å². The fraction of sp³-hybridized carbons (Fsp3) is 0.176. The lowest BCUT2D eigenvalue weighted by atomic mass is 10.0. The second-order valence-electron chi connectivity index (χ2n) is 5.61. The number of hydrogen-bond acceptors (Lipinski definition) is 8. The molecule has 1 aliphatic heterocycles. The van der Waals surface area contributed by atoms with Crippen molar-refractivity contribution in [3.63, 3.8) is 0 Å². The van der Waals surface area contributed by atoms with Gasteiger partial charge in [0.1, 0.15) is 16.9 Å². The third-order valence-corrected chi connectivity index (χ3v) is 3.40. The average Bonchev–Trinajstić information content (AvgIpc) is 2.44. The molecule has 0 unspecified atom stereocenters. The Hall–Kier alpha value is -3.62. The van der Waals surface area contributed by atoms with Crippen molar-refractivity contribution in [3.05, 3.63) is 40.8 Å². The van der Waals surface area contributed by atoms with Gasteiger partial charge in [0.25, 0.3) is 0 Å². The van der Waals surface area contributed by atoms with Gasteiger partial charge in [0, 0.05) is 29.7 Å². The molecule has 1 aromatic carbocycles. The summed E-state index contributed by atoms with van der Waals surface area (Å²) < 4.78 is 4.51. The molecule has 1 heterocycles. The predicted molar refractivity (Wildman–Crippen MR) is 92.9 cm³/mol. The van der Waals surface area contributed by atoms with Gasteiger partial charge in [-0.2, -0.15) is 0 Å². The zero-order valence-electron chi connectivity index (χ0n) is 14.3. The van der Waals surface area contributed by atoms with Crippen LogP contribution in [0.1, 0.15) is 20.8 Å². The van der Waals surface area contributed by atoms with E-state index >= 15 is 0 Å². The Morgan fingerprint density at radius 1 is 1.00 bits per heavy atom. The summed E-state index contributed by atoms with van der Waals surface area (Å²) in [7, 11) is 0. The van der Waals surface area contributed by atoms with Gasteiger partial charge < -0.3 is 26.2 Å². The van der Waals surface area contributed by atoms with Crippen molar-refractivity contribution in [1.29, 1.82) is 0 Å². The summed E-state index contributed by atoms with van der Waals surface area (Å²) in [5, 5.41) is 15.6. The number of hydrogen-bond donors (Lipinski definition) is 4. The summed E-state index contributed by atoms with van der Waals surface area (Å²) in [5.41, 5.74) is 6.11. The molecule has 1 aliphatic rings. The number of rotatable bonds is 4. The number of aliphatic hydroxyl groups excluding tert-OH is 1. The molecule has 0 saturated carbocycles. The fourth-order valence-electron chi connectivity index (χ4n) is 2.42. The number of Topliss-reactive ketones (excluding diaryl/α,β-unsaturated/α-hetero) is 1. The van der Waals surface area contributed by atoms with Crippen molar-refractivity contribution in [2.75, 3.05) is 16.4 Å². The quantitative estimate of drug-likeness (QED) is 0.207. The first kappa shape index (κ1) is 18.7. The van der Waals surface area contributed by atoms with Crippen LogP contribution in [0.4, 0.5) is 17.1 Å². The molecular formula is C17H17N3O6. The summed E-state index contributed by atoms with van der Waals surface area (Å²) in [6.07, 6.45) is 0. The number of amides is 1. The van der Waals surface area contributed by atoms with E-state index in [4.69, 9.17) is 5.73 Å². The van der Waals surface area contributed by atoms with Crippen molar-refractivity contribution in [2.24, 2.45) is 0 Å². The van der Waals surface area contributed by atoms with E-state index in [9.17, 15) is 24.3 Å².